The van der Waals surface area contributed by atoms with Crippen molar-refractivity contribution in [1.82, 2.24) is 19.6 Å². The van der Waals surface area contributed by atoms with Gasteiger partial charge in [-0.05, 0) is 82.9 Å². The monoisotopic (exact) mass is 924 g/mol. The summed E-state index contributed by atoms with van der Waals surface area (Å²) in [6.45, 7) is 20.3. The number of nitrogens with zero attached hydrogens (tertiary/aromatic N) is 6. The minimum Gasteiger partial charge on any atom is -0.415 e. The van der Waals surface area contributed by atoms with Crippen molar-refractivity contribution in [3.05, 3.63) is 137 Å². The van der Waals surface area contributed by atoms with E-state index in [2.05, 4.69) is 79.9 Å². The number of piperazine rings is 2. The van der Waals surface area contributed by atoms with Crippen LogP contribution in [0, 0.1) is 0 Å². The Morgan fingerprint density at radius 2 is 1.33 bits per heavy atom. The molecule has 0 aromatic heterocycles. The van der Waals surface area contributed by atoms with Crippen molar-refractivity contribution in [2.45, 2.75) is 77.6 Å². The molecule has 14 heteroatoms. The molecule has 4 aromatic carbocycles. The Morgan fingerprint density at radius 3 is 1.91 bits per heavy atom. The van der Waals surface area contributed by atoms with Gasteiger partial charge in [0.05, 0.1) is 12.2 Å². The van der Waals surface area contributed by atoms with E-state index in [9.17, 15) is 27.6 Å². The van der Waals surface area contributed by atoms with Crippen LogP contribution in [-0.4, -0.2) is 124 Å². The van der Waals surface area contributed by atoms with E-state index in [0.29, 0.717) is 64.5 Å². The first-order valence-corrected chi connectivity index (χ1v) is 25.9. The summed E-state index contributed by atoms with van der Waals surface area (Å²) in [5, 5.41) is 0.167. The topological polar surface area (TPSA) is 79.9 Å². The molecule has 0 spiro atoms. The molecule has 2 aliphatic heterocycles. The summed E-state index contributed by atoms with van der Waals surface area (Å²) in [6.07, 6.45) is -1.35. The van der Waals surface area contributed by atoms with Crippen LogP contribution in [-0.2, 0) is 44.5 Å². The van der Waals surface area contributed by atoms with E-state index in [0.717, 1.165) is 47.7 Å². The number of carbonyl (C=O) groups is 3. The van der Waals surface area contributed by atoms with Gasteiger partial charge in [-0.2, -0.15) is 13.2 Å². The molecule has 354 valence electrons. The zero-order valence-corrected chi connectivity index (χ0v) is 40.7. The summed E-state index contributed by atoms with van der Waals surface area (Å²) in [5.74, 6) is -0.517. The number of carbonyl (C=O) groups excluding carboxylic acids is 3. The smallest absolute Gasteiger partial charge is 0.415 e. The highest BCUT2D eigenvalue weighted by molar-refractivity contribution is 6.74. The fourth-order valence-corrected chi connectivity index (χ4v) is 9.11. The number of hydrogen-bond donors (Lipinski definition) is 0. The molecule has 2 saturated heterocycles. The normalized spacial score (nSPS) is 15.8. The Labute approximate surface area is 390 Å². The first kappa shape index (κ1) is 50.0. The highest BCUT2D eigenvalue weighted by Gasteiger charge is 2.37. The molecule has 4 aromatic rings. The number of anilines is 2. The third kappa shape index (κ3) is 13.6. The molecule has 0 bridgehead atoms. The van der Waals surface area contributed by atoms with Crippen LogP contribution in [0.15, 0.2) is 109 Å². The van der Waals surface area contributed by atoms with Crippen LogP contribution in [0.5, 0.6) is 0 Å². The summed E-state index contributed by atoms with van der Waals surface area (Å²) in [6, 6.07) is 30.0. The van der Waals surface area contributed by atoms with E-state index >= 15 is 0 Å². The first-order chi connectivity index (χ1) is 31.3. The average Bonchev–Trinajstić information content (AvgIpc) is 3.29. The van der Waals surface area contributed by atoms with Crippen LogP contribution in [0.3, 0.4) is 0 Å². The van der Waals surface area contributed by atoms with Gasteiger partial charge in [0.25, 0.3) is 0 Å². The molecule has 2 aliphatic rings. The van der Waals surface area contributed by atoms with Crippen LogP contribution in [0.1, 0.15) is 55.5 Å². The third-order valence-corrected chi connectivity index (χ3v) is 18.0. The minimum absolute atomic E-state index is 0.0627. The van der Waals surface area contributed by atoms with Gasteiger partial charge >= 0.3 is 6.18 Å². The largest absolute Gasteiger partial charge is 0.416 e. The molecule has 0 aliphatic carbocycles. The lowest BCUT2D eigenvalue weighted by molar-refractivity contribution is -0.145. The van der Waals surface area contributed by atoms with Gasteiger partial charge in [-0.15, -0.1) is 0 Å². The molecule has 0 radical (unpaired) electrons. The second-order valence-corrected chi connectivity index (χ2v) is 23.9. The third-order valence-electron chi connectivity index (χ3n) is 13.4. The zero-order chi connectivity index (χ0) is 47.6. The maximum atomic E-state index is 14.9. The van der Waals surface area contributed by atoms with Crippen LogP contribution < -0.4 is 9.80 Å². The van der Waals surface area contributed by atoms with E-state index in [1.54, 1.807) is 11.8 Å². The highest BCUT2D eigenvalue weighted by atomic mass is 28.4. The summed E-state index contributed by atoms with van der Waals surface area (Å²) < 4.78 is 46.4. The Morgan fingerprint density at radius 1 is 0.742 bits per heavy atom. The number of alkyl halides is 3. The molecule has 0 unspecified atom stereocenters. The van der Waals surface area contributed by atoms with E-state index in [1.807, 2.05) is 64.4 Å². The first-order valence-electron chi connectivity index (χ1n) is 23.0. The molecule has 10 nitrogen and oxygen atoms in total. The van der Waals surface area contributed by atoms with Gasteiger partial charge < -0.3 is 28.9 Å². The van der Waals surface area contributed by atoms with Crippen LogP contribution in [0.2, 0.25) is 18.1 Å². The Balaban J connectivity index is 1.16. The fraction of sp³-hybridized carbons (Fsp3) is 0.442. The van der Waals surface area contributed by atoms with Gasteiger partial charge in [0.2, 0.25) is 17.7 Å². The number of halogens is 3. The van der Waals surface area contributed by atoms with Gasteiger partial charge in [0.15, 0.2) is 8.32 Å². The molecule has 6 rings (SSSR count). The maximum absolute atomic E-state index is 14.9. The van der Waals surface area contributed by atoms with E-state index in [-0.39, 0.29) is 29.8 Å². The molecule has 2 heterocycles. The number of amides is 3. The molecular formula is C52H67F3N6O4Si. The molecule has 3 amide bonds. The van der Waals surface area contributed by atoms with Crippen LogP contribution in [0.4, 0.5) is 24.5 Å². The standard InChI is InChI=1S/C52H67F3N6O4Si/c1-40(62)58-31-33-59(34-32-58)47-24-17-44(18-25-47)39-61(49(63)26-19-41-13-20-45(21-14-41)52(53,54)55)48(37-42-11-9-8-10-12-42)50(64)60-29-27-57(28-30-60)38-43-15-22-46(23-16-43)56(5)35-36-65-66(6,7)51(2,3)4/h8-26,48H,27-39H2,1-7H3/t48-/m0/s1. The Bertz CT molecular complexity index is 2230. The molecule has 0 N–H and O–H groups in total. The Hall–Kier alpha value is -5.44. The number of rotatable bonds is 16. The van der Waals surface area contributed by atoms with Gasteiger partial charge in [-0.1, -0.05) is 87.5 Å². The van der Waals surface area contributed by atoms with Crippen molar-refractivity contribution in [1.29, 1.82) is 0 Å². The van der Waals surface area contributed by atoms with Gasteiger partial charge in [-0.3, -0.25) is 19.3 Å². The predicted molar refractivity (Wildman–Crippen MR) is 261 cm³/mol. The highest BCUT2D eigenvalue weighted by Crippen LogP contribution is 2.36. The quantitative estimate of drug-likeness (QED) is 0.0822. The van der Waals surface area contributed by atoms with Crippen molar-refractivity contribution in [2.24, 2.45) is 0 Å². The van der Waals surface area contributed by atoms with Gasteiger partial charge in [0, 0.05) is 110 Å². The molecule has 2 fully saturated rings. The zero-order valence-electron chi connectivity index (χ0n) is 39.7. The lowest BCUT2D eigenvalue weighted by Crippen LogP contribution is -2.56. The lowest BCUT2D eigenvalue weighted by atomic mass is 10.0. The number of benzene rings is 4. The van der Waals surface area contributed by atoms with Crippen molar-refractivity contribution in [2.75, 3.05) is 82.4 Å². The maximum Gasteiger partial charge on any atom is 0.416 e. The minimum atomic E-state index is -4.48. The number of hydrogen-bond acceptors (Lipinski definition) is 7. The molecule has 66 heavy (non-hydrogen) atoms. The van der Waals surface area contributed by atoms with E-state index in [4.69, 9.17) is 4.43 Å². The second kappa shape index (κ2) is 21.9. The van der Waals surface area contributed by atoms with Crippen LogP contribution >= 0.6 is 0 Å². The van der Waals surface area contributed by atoms with Gasteiger partial charge in [-0.25, -0.2) is 0 Å². The molecular weight excluding hydrogens is 858 g/mol. The molecule has 1 atom stereocenters. The summed E-state index contributed by atoms with van der Waals surface area (Å²) in [5.41, 5.74) is 4.70. The summed E-state index contributed by atoms with van der Waals surface area (Å²) in [4.78, 5) is 53.3. The fourth-order valence-electron chi connectivity index (χ4n) is 8.08. The van der Waals surface area contributed by atoms with E-state index in [1.165, 1.54) is 29.8 Å². The SMILES string of the molecule is CC(=O)N1CCN(c2ccc(CN(C(=O)C=Cc3ccc(C(F)(F)F)cc3)[C@@H](Cc3ccccc3)C(=O)N3CCN(Cc4ccc(N(C)CCO[Si](C)(C)C(C)(C)C)cc4)CC3)cc2)CC1. The van der Waals surface area contributed by atoms with Gasteiger partial charge in [0.1, 0.15) is 6.04 Å². The van der Waals surface area contributed by atoms with E-state index < -0.39 is 32.0 Å². The molecule has 0 saturated carbocycles. The second-order valence-electron chi connectivity index (χ2n) is 19.1. The summed E-state index contributed by atoms with van der Waals surface area (Å²) in [7, 11) is 0.275. The summed E-state index contributed by atoms with van der Waals surface area (Å²) >= 11 is 0. The average molecular weight is 925 g/mol. The predicted octanol–water partition coefficient (Wildman–Crippen LogP) is 8.83. The number of likely N-dealkylation sites (N-methyl/N-ethyl adjacent to an activating group) is 1. The Kier molecular flexibility index (Phi) is 16.6. The van der Waals surface area contributed by atoms with Crippen LogP contribution in [0.25, 0.3) is 6.08 Å². The van der Waals surface area contributed by atoms with Crippen molar-refractivity contribution >= 4 is 43.5 Å². The van der Waals surface area contributed by atoms with Crippen molar-refractivity contribution in [3.8, 4) is 0 Å². The lowest BCUT2D eigenvalue weighted by Gasteiger charge is -2.39. The van der Waals surface area contributed by atoms with Crippen molar-refractivity contribution in [3.63, 3.8) is 0 Å². The van der Waals surface area contributed by atoms with Crippen molar-refractivity contribution < 1.29 is 32.0 Å².